The van der Waals surface area contributed by atoms with Crippen LogP contribution in [-0.4, -0.2) is 61.1 Å². The minimum Gasteiger partial charge on any atom is -0.357 e. The number of benzene rings is 1. The van der Waals surface area contributed by atoms with Crippen molar-refractivity contribution in [3.8, 4) is 0 Å². The second-order valence-corrected chi connectivity index (χ2v) is 9.00. The van der Waals surface area contributed by atoms with Gasteiger partial charge in [0.05, 0.1) is 0 Å². The van der Waals surface area contributed by atoms with E-state index < -0.39 is 0 Å². The van der Waals surface area contributed by atoms with Gasteiger partial charge in [-0.1, -0.05) is 43.7 Å². The maximum atomic E-state index is 5.10. The number of likely N-dealkylation sites (tertiary alicyclic amines) is 2. The lowest BCUT2D eigenvalue weighted by Gasteiger charge is -2.40. The molecule has 3 unspecified atom stereocenters. The number of aliphatic imine (C=N–C) groups is 1. The van der Waals surface area contributed by atoms with Crippen molar-refractivity contribution in [1.29, 1.82) is 0 Å². The van der Waals surface area contributed by atoms with Crippen molar-refractivity contribution in [1.82, 2.24) is 15.1 Å². The van der Waals surface area contributed by atoms with E-state index in [9.17, 15) is 0 Å². The smallest absolute Gasteiger partial charge is 0.193 e. The molecule has 154 valence electrons. The molecule has 0 radical (unpaired) electrons. The van der Waals surface area contributed by atoms with Crippen LogP contribution in [0.15, 0.2) is 35.3 Å². The summed E-state index contributed by atoms with van der Waals surface area (Å²) in [5.74, 6) is 3.29. The molecule has 0 spiro atoms. The fourth-order valence-electron chi connectivity index (χ4n) is 5.20. The second kappa shape index (κ2) is 9.30. The molecule has 3 fully saturated rings. The first-order valence-electron chi connectivity index (χ1n) is 11.6. The van der Waals surface area contributed by atoms with Gasteiger partial charge in [0, 0.05) is 38.8 Å². The Bertz CT molecular complexity index is 639. The van der Waals surface area contributed by atoms with Crippen molar-refractivity contribution >= 4 is 5.96 Å². The molecular formula is C24H38N4. The van der Waals surface area contributed by atoms with Crippen LogP contribution < -0.4 is 5.32 Å². The highest BCUT2D eigenvalue weighted by Gasteiger charge is 2.34. The second-order valence-electron chi connectivity index (χ2n) is 9.00. The molecule has 1 aliphatic carbocycles. The van der Waals surface area contributed by atoms with Gasteiger partial charge >= 0.3 is 0 Å². The van der Waals surface area contributed by atoms with Crippen LogP contribution in [-0.2, 0) is 0 Å². The van der Waals surface area contributed by atoms with Gasteiger partial charge in [-0.25, -0.2) is 0 Å². The number of piperidine rings is 1. The Balaban J connectivity index is 1.37. The molecule has 4 heteroatoms. The minimum absolute atomic E-state index is 0.687. The van der Waals surface area contributed by atoms with Gasteiger partial charge in [-0.3, -0.25) is 4.99 Å². The molecule has 2 saturated heterocycles. The molecule has 3 aliphatic rings. The fourth-order valence-corrected chi connectivity index (χ4v) is 5.20. The Labute approximate surface area is 171 Å². The average molecular weight is 383 g/mol. The Morgan fingerprint density at radius 2 is 1.86 bits per heavy atom. The maximum absolute atomic E-state index is 5.10. The molecule has 2 heterocycles. The summed E-state index contributed by atoms with van der Waals surface area (Å²) in [5.41, 5.74) is 1.52. The molecule has 1 aromatic rings. The first kappa shape index (κ1) is 19.8. The topological polar surface area (TPSA) is 30.9 Å². The molecule has 4 rings (SSSR count). The monoisotopic (exact) mass is 382 g/mol. The van der Waals surface area contributed by atoms with Gasteiger partial charge < -0.3 is 15.1 Å². The predicted octanol–water partition coefficient (Wildman–Crippen LogP) is 3.95. The summed E-state index contributed by atoms with van der Waals surface area (Å²) >= 11 is 0. The maximum Gasteiger partial charge on any atom is 0.193 e. The molecule has 0 aromatic heterocycles. The molecule has 4 nitrogen and oxygen atoms in total. The number of nitrogens with one attached hydrogen (secondary N) is 1. The van der Waals surface area contributed by atoms with Crippen LogP contribution in [0.2, 0.25) is 0 Å². The van der Waals surface area contributed by atoms with E-state index in [1.165, 1.54) is 50.8 Å². The Morgan fingerprint density at radius 3 is 2.57 bits per heavy atom. The molecule has 1 saturated carbocycles. The third kappa shape index (κ3) is 4.71. The van der Waals surface area contributed by atoms with Gasteiger partial charge in [-0.15, -0.1) is 0 Å². The SMILES string of the molecule is CCNC(=NCC1CCN(C2CC2)C1)N1CCC(c2ccccc2)C(CC)C1. The van der Waals surface area contributed by atoms with Crippen molar-refractivity contribution in [2.24, 2.45) is 16.8 Å². The highest BCUT2D eigenvalue weighted by molar-refractivity contribution is 5.80. The van der Waals surface area contributed by atoms with Crippen molar-refractivity contribution in [2.75, 3.05) is 39.3 Å². The third-order valence-corrected chi connectivity index (χ3v) is 7.00. The first-order valence-corrected chi connectivity index (χ1v) is 11.6. The first-order chi connectivity index (χ1) is 13.8. The lowest BCUT2D eigenvalue weighted by atomic mass is 9.79. The number of nitrogens with zero attached hydrogens (tertiary/aromatic N) is 3. The summed E-state index contributed by atoms with van der Waals surface area (Å²) in [6.07, 6.45) is 6.63. The summed E-state index contributed by atoms with van der Waals surface area (Å²) in [5, 5.41) is 3.58. The van der Waals surface area contributed by atoms with E-state index in [4.69, 9.17) is 4.99 Å². The van der Waals surface area contributed by atoms with Crippen LogP contribution >= 0.6 is 0 Å². The van der Waals surface area contributed by atoms with E-state index in [0.29, 0.717) is 11.8 Å². The quantitative estimate of drug-likeness (QED) is 0.597. The zero-order chi connectivity index (χ0) is 19.3. The molecule has 28 heavy (non-hydrogen) atoms. The third-order valence-electron chi connectivity index (χ3n) is 7.00. The number of hydrogen-bond donors (Lipinski definition) is 1. The van der Waals surface area contributed by atoms with Gasteiger partial charge in [0.1, 0.15) is 0 Å². The van der Waals surface area contributed by atoms with Crippen LogP contribution in [0.5, 0.6) is 0 Å². The summed E-state index contributed by atoms with van der Waals surface area (Å²) in [7, 11) is 0. The standard InChI is InChI=1S/C24H38N4/c1-3-20-18-28(15-13-23(20)21-8-6-5-7-9-21)24(25-4-2)26-16-19-12-14-27(17-19)22-10-11-22/h5-9,19-20,22-23H,3-4,10-18H2,1-2H3,(H,25,26). The largest absolute Gasteiger partial charge is 0.357 e. The van der Waals surface area contributed by atoms with Crippen LogP contribution in [0, 0.1) is 11.8 Å². The molecule has 1 N–H and O–H groups in total. The van der Waals surface area contributed by atoms with E-state index >= 15 is 0 Å². The van der Waals surface area contributed by atoms with E-state index in [0.717, 1.165) is 44.1 Å². The van der Waals surface area contributed by atoms with Crippen molar-refractivity contribution < 1.29 is 0 Å². The zero-order valence-electron chi connectivity index (χ0n) is 17.8. The van der Waals surface area contributed by atoms with Gasteiger partial charge in [-0.05, 0) is 62.5 Å². The van der Waals surface area contributed by atoms with Crippen LogP contribution in [0.4, 0.5) is 0 Å². The summed E-state index contributed by atoms with van der Waals surface area (Å²) < 4.78 is 0. The number of hydrogen-bond acceptors (Lipinski definition) is 2. The van der Waals surface area contributed by atoms with Crippen molar-refractivity contribution in [3.63, 3.8) is 0 Å². The minimum atomic E-state index is 0.687. The Morgan fingerprint density at radius 1 is 1.04 bits per heavy atom. The highest BCUT2D eigenvalue weighted by atomic mass is 15.3. The Hall–Kier alpha value is -1.55. The van der Waals surface area contributed by atoms with Crippen LogP contribution in [0.25, 0.3) is 0 Å². The van der Waals surface area contributed by atoms with E-state index in [1.54, 1.807) is 0 Å². The summed E-state index contributed by atoms with van der Waals surface area (Å²) in [6.45, 7) is 11.3. The molecular weight excluding hydrogens is 344 g/mol. The molecule has 1 aromatic carbocycles. The van der Waals surface area contributed by atoms with Gasteiger partial charge in [0.15, 0.2) is 5.96 Å². The lowest BCUT2D eigenvalue weighted by Crippen LogP contribution is -2.48. The van der Waals surface area contributed by atoms with E-state index in [2.05, 4.69) is 59.3 Å². The van der Waals surface area contributed by atoms with Gasteiger partial charge in [0.2, 0.25) is 0 Å². The summed E-state index contributed by atoms with van der Waals surface area (Å²) in [6, 6.07) is 12.0. The number of guanidine groups is 1. The van der Waals surface area contributed by atoms with Gasteiger partial charge in [-0.2, -0.15) is 0 Å². The van der Waals surface area contributed by atoms with E-state index in [-0.39, 0.29) is 0 Å². The summed E-state index contributed by atoms with van der Waals surface area (Å²) in [4.78, 5) is 10.3. The van der Waals surface area contributed by atoms with Crippen molar-refractivity contribution in [2.45, 2.75) is 57.9 Å². The molecule has 2 aliphatic heterocycles. The van der Waals surface area contributed by atoms with Crippen molar-refractivity contribution in [3.05, 3.63) is 35.9 Å². The molecule has 3 atom stereocenters. The van der Waals surface area contributed by atoms with Crippen LogP contribution in [0.1, 0.15) is 57.4 Å². The van der Waals surface area contributed by atoms with E-state index in [1.807, 2.05) is 0 Å². The highest BCUT2D eigenvalue weighted by Crippen LogP contribution is 2.35. The fraction of sp³-hybridized carbons (Fsp3) is 0.708. The lowest BCUT2D eigenvalue weighted by molar-refractivity contribution is 0.215. The molecule has 0 bridgehead atoms. The zero-order valence-corrected chi connectivity index (χ0v) is 17.8. The average Bonchev–Trinajstić information content (AvgIpc) is 3.49. The van der Waals surface area contributed by atoms with Gasteiger partial charge in [0.25, 0.3) is 0 Å². The predicted molar refractivity (Wildman–Crippen MR) is 118 cm³/mol. The van der Waals surface area contributed by atoms with Crippen LogP contribution in [0.3, 0.4) is 0 Å². The number of rotatable bonds is 6. The Kier molecular flexibility index (Phi) is 6.56. The molecule has 0 amide bonds. The normalized spacial score (nSPS) is 29.3.